The molecule has 2 unspecified atom stereocenters. The highest BCUT2D eigenvalue weighted by Gasteiger charge is 2.18. The van der Waals surface area contributed by atoms with E-state index in [0.29, 0.717) is 6.04 Å². The molecule has 1 rings (SSSR count). The number of hydrogen-bond acceptors (Lipinski definition) is 3. The number of hydrogen-bond donors (Lipinski definition) is 1. The molecule has 90 valence electrons. The first-order valence-electron chi connectivity index (χ1n) is 6.23. The summed E-state index contributed by atoms with van der Waals surface area (Å²) in [5, 5.41) is 3.32. The van der Waals surface area contributed by atoms with E-state index in [1.807, 2.05) is 0 Å². The van der Waals surface area contributed by atoms with Crippen molar-refractivity contribution in [1.82, 2.24) is 14.4 Å². The van der Waals surface area contributed by atoms with Crippen LogP contribution in [0.1, 0.15) is 33.1 Å². The number of nitrogens with zero attached hydrogens (tertiary/aromatic N) is 2. The third kappa shape index (κ3) is 4.63. The van der Waals surface area contributed by atoms with Crippen LogP contribution in [0.2, 0.25) is 0 Å². The molecule has 0 radical (unpaired) electrons. The molecule has 0 spiro atoms. The Bertz CT molecular complexity index is 171. The average Bonchev–Trinajstić information content (AvgIpc) is 2.70. The van der Waals surface area contributed by atoms with Gasteiger partial charge in [-0.2, -0.15) is 0 Å². The topological polar surface area (TPSA) is 18.5 Å². The van der Waals surface area contributed by atoms with Gasteiger partial charge >= 0.3 is 0 Å². The van der Waals surface area contributed by atoms with Gasteiger partial charge in [-0.3, -0.25) is 0 Å². The molecule has 0 saturated carbocycles. The van der Waals surface area contributed by atoms with Crippen LogP contribution < -0.4 is 5.32 Å². The maximum absolute atomic E-state index is 3.32. The van der Waals surface area contributed by atoms with Crippen molar-refractivity contribution in [3.05, 3.63) is 0 Å². The molecule has 1 heterocycles. The molecular formula is C11H27N3Si. The maximum Gasteiger partial charge on any atom is 0.173 e. The summed E-state index contributed by atoms with van der Waals surface area (Å²) >= 11 is 0. The SMILES string of the molecule is CNC(C)CC(C)N(C)[SiH2]N1CCCC1. The normalized spacial score (nSPS) is 23.0. The van der Waals surface area contributed by atoms with E-state index in [1.165, 1.54) is 32.4 Å². The molecule has 1 aliphatic rings. The Labute approximate surface area is 97.2 Å². The molecule has 0 bridgehead atoms. The summed E-state index contributed by atoms with van der Waals surface area (Å²) in [7, 11) is 4.21. The van der Waals surface area contributed by atoms with Gasteiger partial charge in [0.2, 0.25) is 0 Å². The van der Waals surface area contributed by atoms with Crippen LogP contribution in [-0.4, -0.2) is 58.2 Å². The van der Waals surface area contributed by atoms with Gasteiger partial charge in [-0.05, 0) is 53.4 Å². The molecule has 2 atom stereocenters. The molecular weight excluding hydrogens is 202 g/mol. The predicted molar refractivity (Wildman–Crippen MR) is 69.7 cm³/mol. The third-order valence-electron chi connectivity index (χ3n) is 3.56. The lowest BCUT2D eigenvalue weighted by Gasteiger charge is -2.30. The Kier molecular flexibility index (Phi) is 5.82. The Balaban J connectivity index is 2.22. The van der Waals surface area contributed by atoms with Gasteiger partial charge in [-0.1, -0.05) is 6.92 Å². The smallest absolute Gasteiger partial charge is 0.173 e. The van der Waals surface area contributed by atoms with Crippen molar-refractivity contribution in [2.75, 3.05) is 27.2 Å². The lowest BCUT2D eigenvalue weighted by molar-refractivity contribution is 0.330. The zero-order valence-corrected chi connectivity index (χ0v) is 12.2. The van der Waals surface area contributed by atoms with E-state index in [2.05, 4.69) is 42.4 Å². The van der Waals surface area contributed by atoms with Gasteiger partial charge in [-0.15, -0.1) is 0 Å². The molecule has 1 saturated heterocycles. The van der Waals surface area contributed by atoms with Gasteiger partial charge in [0.1, 0.15) is 0 Å². The Morgan fingerprint density at radius 3 is 2.47 bits per heavy atom. The van der Waals surface area contributed by atoms with Crippen LogP contribution in [0.15, 0.2) is 0 Å². The van der Waals surface area contributed by atoms with Crippen molar-refractivity contribution in [3.63, 3.8) is 0 Å². The van der Waals surface area contributed by atoms with Crippen LogP contribution in [0.3, 0.4) is 0 Å². The summed E-state index contributed by atoms with van der Waals surface area (Å²) < 4.78 is 5.31. The summed E-state index contributed by atoms with van der Waals surface area (Å²) in [6, 6.07) is 1.36. The fourth-order valence-electron chi connectivity index (χ4n) is 2.19. The summed E-state index contributed by atoms with van der Waals surface area (Å²) in [5.74, 6) is 0. The molecule has 0 aromatic heterocycles. The molecule has 0 aromatic rings. The maximum atomic E-state index is 3.32. The van der Waals surface area contributed by atoms with Gasteiger partial charge in [0, 0.05) is 12.1 Å². The fraction of sp³-hybridized carbons (Fsp3) is 1.00. The Morgan fingerprint density at radius 1 is 1.33 bits per heavy atom. The van der Waals surface area contributed by atoms with E-state index in [-0.39, 0.29) is 9.84 Å². The second kappa shape index (κ2) is 6.63. The zero-order chi connectivity index (χ0) is 11.3. The largest absolute Gasteiger partial charge is 0.317 e. The van der Waals surface area contributed by atoms with Crippen molar-refractivity contribution in [3.8, 4) is 0 Å². The van der Waals surface area contributed by atoms with Crippen molar-refractivity contribution in [2.24, 2.45) is 0 Å². The second-order valence-corrected chi connectivity index (χ2v) is 7.17. The van der Waals surface area contributed by atoms with Gasteiger partial charge in [0.15, 0.2) is 9.84 Å². The fourth-order valence-corrected chi connectivity index (χ4v) is 3.98. The first-order valence-corrected chi connectivity index (χ1v) is 7.50. The molecule has 0 aliphatic carbocycles. The summed E-state index contributed by atoms with van der Waals surface area (Å²) in [6.45, 7) is 7.33. The lowest BCUT2D eigenvalue weighted by atomic mass is 10.1. The van der Waals surface area contributed by atoms with E-state index >= 15 is 0 Å². The molecule has 1 fully saturated rings. The molecule has 1 N–H and O–H groups in total. The minimum atomic E-state index is -0.147. The van der Waals surface area contributed by atoms with Crippen LogP contribution >= 0.6 is 0 Å². The summed E-state index contributed by atoms with van der Waals surface area (Å²) in [6.07, 6.45) is 4.10. The van der Waals surface area contributed by atoms with Crippen LogP contribution in [0.5, 0.6) is 0 Å². The van der Waals surface area contributed by atoms with E-state index < -0.39 is 0 Å². The third-order valence-corrected chi connectivity index (χ3v) is 5.66. The highest BCUT2D eigenvalue weighted by atomic mass is 28.2. The highest BCUT2D eigenvalue weighted by molar-refractivity contribution is 6.28. The number of nitrogens with one attached hydrogen (secondary N) is 1. The highest BCUT2D eigenvalue weighted by Crippen LogP contribution is 2.09. The van der Waals surface area contributed by atoms with Crippen LogP contribution in [0.4, 0.5) is 0 Å². The van der Waals surface area contributed by atoms with E-state index in [0.717, 1.165) is 6.04 Å². The first kappa shape index (κ1) is 13.2. The van der Waals surface area contributed by atoms with Crippen LogP contribution in [-0.2, 0) is 0 Å². The average molecular weight is 229 g/mol. The summed E-state index contributed by atoms with van der Waals surface area (Å²) in [5.41, 5.74) is 0. The molecule has 3 nitrogen and oxygen atoms in total. The van der Waals surface area contributed by atoms with Crippen LogP contribution in [0.25, 0.3) is 0 Å². The quantitative estimate of drug-likeness (QED) is 0.665. The second-order valence-electron chi connectivity index (χ2n) is 5.00. The van der Waals surface area contributed by atoms with Gasteiger partial charge < -0.3 is 14.4 Å². The Hall–Kier alpha value is 0.0969. The van der Waals surface area contributed by atoms with Gasteiger partial charge in [0.05, 0.1) is 0 Å². The van der Waals surface area contributed by atoms with Crippen molar-refractivity contribution in [2.45, 2.75) is 45.2 Å². The van der Waals surface area contributed by atoms with Crippen LogP contribution in [0, 0.1) is 0 Å². The molecule has 1 aliphatic heterocycles. The van der Waals surface area contributed by atoms with Crippen molar-refractivity contribution >= 4 is 9.84 Å². The Morgan fingerprint density at radius 2 is 1.93 bits per heavy atom. The van der Waals surface area contributed by atoms with Gasteiger partial charge in [-0.25, -0.2) is 0 Å². The molecule has 0 aromatic carbocycles. The monoisotopic (exact) mass is 229 g/mol. The lowest BCUT2D eigenvalue weighted by Crippen LogP contribution is -2.44. The van der Waals surface area contributed by atoms with Gasteiger partial charge in [0.25, 0.3) is 0 Å². The van der Waals surface area contributed by atoms with E-state index in [4.69, 9.17) is 0 Å². The first-order chi connectivity index (χ1) is 7.13. The van der Waals surface area contributed by atoms with Crippen molar-refractivity contribution < 1.29 is 0 Å². The van der Waals surface area contributed by atoms with E-state index in [9.17, 15) is 0 Å². The number of rotatable bonds is 6. The molecule has 15 heavy (non-hydrogen) atoms. The van der Waals surface area contributed by atoms with E-state index in [1.54, 1.807) is 0 Å². The standard InChI is InChI=1S/C11H27N3Si/c1-10(12-3)9-11(2)13(4)15-14-7-5-6-8-14/h10-12H,5-9,15H2,1-4H3. The van der Waals surface area contributed by atoms with Crippen molar-refractivity contribution in [1.29, 1.82) is 0 Å². The molecule has 0 amide bonds. The summed E-state index contributed by atoms with van der Waals surface area (Å²) in [4.78, 5) is 0. The minimum Gasteiger partial charge on any atom is -0.317 e. The zero-order valence-electron chi connectivity index (χ0n) is 10.8. The molecule has 4 heteroatoms. The minimum absolute atomic E-state index is 0.147. The predicted octanol–water partition coefficient (Wildman–Crippen LogP) is 0.399.